The summed E-state index contributed by atoms with van der Waals surface area (Å²) in [5, 5.41) is 5.66. The zero-order valence-electron chi connectivity index (χ0n) is 16.2. The molecule has 0 fully saturated rings. The van der Waals surface area contributed by atoms with E-state index >= 15 is 0 Å². The summed E-state index contributed by atoms with van der Waals surface area (Å²) < 4.78 is 16.2. The molecule has 1 heterocycles. The summed E-state index contributed by atoms with van der Waals surface area (Å²) in [5.74, 6) is 0.870. The molecule has 1 aliphatic heterocycles. The number of para-hydroxylation sites is 1. The van der Waals surface area contributed by atoms with Gasteiger partial charge >= 0.3 is 12.0 Å². The van der Waals surface area contributed by atoms with E-state index in [4.69, 9.17) is 14.2 Å². The number of hydrogen-bond acceptors (Lipinski definition) is 5. The summed E-state index contributed by atoms with van der Waals surface area (Å²) >= 11 is 0. The van der Waals surface area contributed by atoms with Crippen molar-refractivity contribution in [2.75, 3.05) is 25.1 Å². The summed E-state index contributed by atoms with van der Waals surface area (Å²) in [6, 6.07) is 11.9. The molecule has 28 heavy (non-hydrogen) atoms. The molecule has 1 aliphatic rings. The van der Waals surface area contributed by atoms with Gasteiger partial charge in [0.1, 0.15) is 13.2 Å². The molecule has 0 spiro atoms. The average molecular weight is 384 g/mol. The van der Waals surface area contributed by atoms with Crippen molar-refractivity contribution in [2.45, 2.75) is 26.3 Å². The fourth-order valence-corrected chi connectivity index (χ4v) is 2.92. The van der Waals surface area contributed by atoms with E-state index in [1.165, 1.54) is 0 Å². The van der Waals surface area contributed by atoms with E-state index in [9.17, 15) is 9.59 Å². The van der Waals surface area contributed by atoms with Crippen LogP contribution in [0, 0.1) is 0 Å². The highest BCUT2D eigenvalue weighted by molar-refractivity contribution is 6.01. The monoisotopic (exact) mass is 384 g/mol. The molecule has 3 rings (SSSR count). The number of urea groups is 1. The van der Waals surface area contributed by atoms with Gasteiger partial charge in [0.25, 0.3) is 0 Å². The molecule has 7 heteroatoms. The lowest BCUT2D eigenvalue weighted by Gasteiger charge is -2.29. The van der Waals surface area contributed by atoms with E-state index in [2.05, 4.69) is 10.6 Å². The van der Waals surface area contributed by atoms with Crippen LogP contribution in [0.3, 0.4) is 0 Å². The molecule has 0 atom stereocenters. The Morgan fingerprint density at radius 3 is 2.54 bits per heavy atom. The zero-order valence-corrected chi connectivity index (χ0v) is 16.2. The Kier molecular flexibility index (Phi) is 5.73. The predicted molar refractivity (Wildman–Crippen MR) is 105 cm³/mol. The molecule has 2 aromatic rings. The van der Waals surface area contributed by atoms with Crippen molar-refractivity contribution in [3.05, 3.63) is 53.6 Å². The SMILES string of the molecule is CCOC(=O)c1ccccc1NC(=O)NC(C)(C)c1ccc2c(c1)OCCO2. The second-order valence-electron chi connectivity index (χ2n) is 6.83. The Balaban J connectivity index is 1.73. The van der Waals surface area contributed by atoms with Gasteiger partial charge in [-0.25, -0.2) is 9.59 Å². The third-order valence-electron chi connectivity index (χ3n) is 4.36. The third kappa shape index (κ3) is 4.36. The quantitative estimate of drug-likeness (QED) is 0.768. The first-order valence-corrected chi connectivity index (χ1v) is 9.16. The summed E-state index contributed by atoms with van der Waals surface area (Å²) in [6.07, 6.45) is 0. The van der Waals surface area contributed by atoms with Crippen LogP contribution in [0.15, 0.2) is 42.5 Å². The van der Waals surface area contributed by atoms with E-state index in [1.54, 1.807) is 31.2 Å². The Morgan fingerprint density at radius 2 is 1.79 bits per heavy atom. The topological polar surface area (TPSA) is 85.9 Å². The van der Waals surface area contributed by atoms with Crippen molar-refractivity contribution in [2.24, 2.45) is 0 Å². The van der Waals surface area contributed by atoms with Crippen LogP contribution in [0.5, 0.6) is 11.5 Å². The van der Waals surface area contributed by atoms with Gasteiger partial charge in [-0.3, -0.25) is 0 Å². The van der Waals surface area contributed by atoms with Gasteiger partial charge in [0.05, 0.1) is 23.4 Å². The number of amides is 2. The molecule has 0 aromatic heterocycles. The van der Waals surface area contributed by atoms with Crippen molar-refractivity contribution in [3.8, 4) is 11.5 Å². The minimum Gasteiger partial charge on any atom is -0.486 e. The van der Waals surface area contributed by atoms with Crippen molar-refractivity contribution >= 4 is 17.7 Å². The van der Waals surface area contributed by atoms with Gasteiger partial charge in [0.2, 0.25) is 0 Å². The fraction of sp³-hybridized carbons (Fsp3) is 0.333. The van der Waals surface area contributed by atoms with Crippen LogP contribution < -0.4 is 20.1 Å². The van der Waals surface area contributed by atoms with Crippen LogP contribution in [0.4, 0.5) is 10.5 Å². The lowest BCUT2D eigenvalue weighted by molar-refractivity contribution is 0.0527. The normalized spacial score (nSPS) is 12.8. The number of esters is 1. The molecule has 0 bridgehead atoms. The number of nitrogens with one attached hydrogen (secondary N) is 2. The van der Waals surface area contributed by atoms with E-state index in [-0.39, 0.29) is 6.61 Å². The van der Waals surface area contributed by atoms with E-state index in [0.29, 0.717) is 36.0 Å². The number of rotatable bonds is 5. The number of hydrogen-bond donors (Lipinski definition) is 2. The van der Waals surface area contributed by atoms with Gasteiger partial charge in [0, 0.05) is 0 Å². The van der Waals surface area contributed by atoms with Gasteiger partial charge in [-0.2, -0.15) is 0 Å². The smallest absolute Gasteiger partial charge is 0.340 e. The first kappa shape index (κ1) is 19.5. The van der Waals surface area contributed by atoms with Gasteiger partial charge < -0.3 is 24.8 Å². The van der Waals surface area contributed by atoms with Crippen LogP contribution in [0.2, 0.25) is 0 Å². The molecular weight excluding hydrogens is 360 g/mol. The minimum absolute atomic E-state index is 0.260. The molecule has 2 aromatic carbocycles. The third-order valence-corrected chi connectivity index (χ3v) is 4.36. The Labute approximate surface area is 164 Å². The van der Waals surface area contributed by atoms with E-state index in [0.717, 1.165) is 5.56 Å². The maximum atomic E-state index is 12.6. The van der Waals surface area contributed by atoms with Crippen molar-refractivity contribution in [1.82, 2.24) is 5.32 Å². The molecule has 0 saturated heterocycles. The average Bonchev–Trinajstić information content (AvgIpc) is 2.67. The molecule has 0 saturated carbocycles. The first-order chi connectivity index (χ1) is 13.4. The van der Waals surface area contributed by atoms with Crippen LogP contribution >= 0.6 is 0 Å². The summed E-state index contributed by atoms with van der Waals surface area (Å²) in [5.41, 5.74) is 0.873. The van der Waals surface area contributed by atoms with E-state index in [1.807, 2.05) is 32.0 Å². The standard InChI is InChI=1S/C21H24N2O5/c1-4-26-19(24)15-7-5-6-8-16(15)22-20(25)23-21(2,3)14-9-10-17-18(13-14)28-12-11-27-17/h5-10,13H,4,11-12H2,1-3H3,(H2,22,23,25). The van der Waals surface area contributed by atoms with Crippen LogP contribution in [0.25, 0.3) is 0 Å². The van der Waals surface area contributed by atoms with Gasteiger partial charge in [0.15, 0.2) is 11.5 Å². The number of benzene rings is 2. The second kappa shape index (κ2) is 8.21. The number of anilines is 1. The minimum atomic E-state index is -0.682. The van der Waals surface area contributed by atoms with Crippen LogP contribution in [-0.2, 0) is 10.3 Å². The predicted octanol–water partition coefficient (Wildman–Crippen LogP) is 3.69. The van der Waals surface area contributed by atoms with Crippen molar-refractivity contribution < 1.29 is 23.8 Å². The summed E-state index contributed by atoms with van der Waals surface area (Å²) in [6.45, 7) is 6.78. The zero-order chi connectivity index (χ0) is 20.1. The lowest BCUT2D eigenvalue weighted by Crippen LogP contribution is -2.43. The molecule has 148 valence electrons. The molecule has 2 amide bonds. The Hall–Kier alpha value is -3.22. The fourth-order valence-electron chi connectivity index (χ4n) is 2.92. The number of fused-ring (bicyclic) bond motifs is 1. The van der Waals surface area contributed by atoms with Gasteiger partial charge in [-0.15, -0.1) is 0 Å². The molecular formula is C21H24N2O5. The lowest BCUT2D eigenvalue weighted by atomic mass is 9.94. The Morgan fingerprint density at radius 1 is 1.07 bits per heavy atom. The molecule has 2 N–H and O–H groups in total. The Bertz CT molecular complexity index is 879. The highest BCUT2D eigenvalue weighted by Crippen LogP contribution is 2.34. The van der Waals surface area contributed by atoms with Gasteiger partial charge in [-0.1, -0.05) is 18.2 Å². The number of carbonyl (C=O) groups excluding carboxylic acids is 2. The largest absolute Gasteiger partial charge is 0.486 e. The van der Waals surface area contributed by atoms with Crippen LogP contribution in [-0.4, -0.2) is 31.8 Å². The summed E-state index contributed by atoms with van der Waals surface area (Å²) in [7, 11) is 0. The molecule has 7 nitrogen and oxygen atoms in total. The van der Waals surface area contributed by atoms with Crippen molar-refractivity contribution in [1.29, 1.82) is 0 Å². The number of carbonyl (C=O) groups is 2. The van der Waals surface area contributed by atoms with Crippen LogP contribution in [0.1, 0.15) is 36.7 Å². The first-order valence-electron chi connectivity index (χ1n) is 9.16. The van der Waals surface area contributed by atoms with E-state index < -0.39 is 17.5 Å². The summed E-state index contributed by atoms with van der Waals surface area (Å²) in [4.78, 5) is 24.7. The molecule has 0 aliphatic carbocycles. The van der Waals surface area contributed by atoms with Crippen molar-refractivity contribution in [3.63, 3.8) is 0 Å². The second-order valence-corrected chi connectivity index (χ2v) is 6.83. The number of ether oxygens (including phenoxy) is 3. The maximum absolute atomic E-state index is 12.6. The maximum Gasteiger partial charge on any atom is 0.340 e. The highest BCUT2D eigenvalue weighted by Gasteiger charge is 2.26. The highest BCUT2D eigenvalue weighted by atomic mass is 16.6. The molecule has 0 radical (unpaired) electrons. The van der Waals surface area contributed by atoms with Gasteiger partial charge in [-0.05, 0) is 50.6 Å². The molecule has 0 unspecified atom stereocenters.